The molecule has 0 spiro atoms. The van der Waals surface area contributed by atoms with E-state index in [4.69, 9.17) is 0 Å². The van der Waals surface area contributed by atoms with Gasteiger partial charge in [0.15, 0.2) is 0 Å². The number of nitrogens with one attached hydrogen (secondary N) is 1. The second kappa shape index (κ2) is 7.00. The van der Waals surface area contributed by atoms with Crippen molar-refractivity contribution in [3.8, 4) is 0 Å². The topological polar surface area (TPSA) is 46.2 Å². The second-order valence-electron chi connectivity index (χ2n) is 6.90. The largest absolute Gasteiger partial charge is 0.416 e. The molecule has 3 nitrogen and oxygen atoms in total. The molecule has 0 aliphatic heterocycles. The van der Waals surface area contributed by atoms with Crippen molar-refractivity contribution in [2.45, 2.75) is 43.8 Å². The molecular formula is C18H19F4NO2S. The van der Waals surface area contributed by atoms with Crippen molar-refractivity contribution in [3.63, 3.8) is 0 Å². The van der Waals surface area contributed by atoms with Crippen molar-refractivity contribution in [2.75, 3.05) is 0 Å². The lowest BCUT2D eigenvalue weighted by atomic mass is 9.87. The third-order valence-electron chi connectivity index (χ3n) is 3.86. The molecule has 0 heterocycles. The van der Waals surface area contributed by atoms with Crippen LogP contribution in [0.2, 0.25) is 0 Å². The Balaban J connectivity index is 2.16. The molecule has 2 aromatic rings. The molecule has 2 rings (SSSR count). The van der Waals surface area contributed by atoms with Crippen LogP contribution >= 0.6 is 0 Å². The number of sulfonamides is 1. The Hall–Kier alpha value is -1.93. The van der Waals surface area contributed by atoms with E-state index in [0.29, 0.717) is 12.1 Å². The highest BCUT2D eigenvalue weighted by Crippen LogP contribution is 2.30. The lowest BCUT2D eigenvalue weighted by molar-refractivity contribution is -0.137. The molecule has 0 amide bonds. The van der Waals surface area contributed by atoms with Crippen molar-refractivity contribution < 1.29 is 26.0 Å². The first-order valence-electron chi connectivity index (χ1n) is 7.76. The van der Waals surface area contributed by atoms with Crippen LogP contribution in [0.5, 0.6) is 0 Å². The normalized spacial score (nSPS) is 13.0. The monoisotopic (exact) mass is 389 g/mol. The molecule has 1 N–H and O–H groups in total. The number of rotatable bonds is 4. The van der Waals surface area contributed by atoms with Gasteiger partial charge in [-0.05, 0) is 35.2 Å². The summed E-state index contributed by atoms with van der Waals surface area (Å²) >= 11 is 0. The summed E-state index contributed by atoms with van der Waals surface area (Å²) in [5.74, 6) is -1.12. The van der Waals surface area contributed by atoms with Crippen molar-refractivity contribution >= 4 is 10.0 Å². The average Bonchev–Trinajstić information content (AvgIpc) is 2.52. The molecule has 0 radical (unpaired) electrons. The van der Waals surface area contributed by atoms with E-state index < -0.39 is 34.1 Å². The summed E-state index contributed by atoms with van der Waals surface area (Å²) in [6.45, 7) is 5.51. The zero-order valence-corrected chi connectivity index (χ0v) is 15.3. The molecule has 0 fully saturated rings. The number of hydrogen-bond donors (Lipinski definition) is 1. The summed E-state index contributed by atoms with van der Waals surface area (Å²) < 4.78 is 78.2. The first-order chi connectivity index (χ1) is 11.8. The lowest BCUT2D eigenvalue weighted by Crippen LogP contribution is -2.24. The van der Waals surface area contributed by atoms with Crippen molar-refractivity contribution in [1.29, 1.82) is 0 Å². The first kappa shape index (κ1) is 20.4. The van der Waals surface area contributed by atoms with Gasteiger partial charge in [-0.2, -0.15) is 13.2 Å². The summed E-state index contributed by atoms with van der Waals surface area (Å²) in [4.78, 5) is -0.00202. The van der Waals surface area contributed by atoms with Crippen LogP contribution in [-0.4, -0.2) is 8.42 Å². The zero-order chi connectivity index (χ0) is 19.8. The molecule has 142 valence electrons. The molecule has 8 heteroatoms. The first-order valence-corrected chi connectivity index (χ1v) is 9.25. The van der Waals surface area contributed by atoms with Crippen LogP contribution in [0.4, 0.5) is 17.6 Å². The maximum absolute atomic E-state index is 13.8. The number of hydrogen-bond acceptors (Lipinski definition) is 2. The molecule has 2 aromatic carbocycles. The number of alkyl halides is 3. The third-order valence-corrected chi connectivity index (χ3v) is 5.28. The summed E-state index contributed by atoms with van der Waals surface area (Å²) in [5, 5.41) is 0. The molecular weight excluding hydrogens is 370 g/mol. The molecule has 0 saturated carbocycles. The van der Waals surface area contributed by atoms with Crippen LogP contribution in [0, 0.1) is 5.82 Å². The van der Waals surface area contributed by atoms with Crippen molar-refractivity contribution in [1.82, 2.24) is 4.72 Å². The van der Waals surface area contributed by atoms with Gasteiger partial charge in [-0.25, -0.2) is 17.5 Å². The Morgan fingerprint density at radius 3 is 1.92 bits per heavy atom. The highest BCUT2D eigenvalue weighted by atomic mass is 32.2. The minimum absolute atomic E-state index is 0.00202. The van der Waals surface area contributed by atoms with Crippen LogP contribution in [0.25, 0.3) is 0 Å². The van der Waals surface area contributed by atoms with E-state index in [9.17, 15) is 26.0 Å². The maximum atomic E-state index is 13.8. The predicted molar refractivity (Wildman–Crippen MR) is 90.6 cm³/mol. The van der Waals surface area contributed by atoms with Gasteiger partial charge in [-0.15, -0.1) is 0 Å². The average molecular weight is 389 g/mol. The Bertz CT molecular complexity index is 883. The Labute approximate surface area is 150 Å². The van der Waals surface area contributed by atoms with E-state index in [1.807, 2.05) is 20.8 Å². The van der Waals surface area contributed by atoms with E-state index in [1.165, 1.54) is 12.1 Å². The van der Waals surface area contributed by atoms with Gasteiger partial charge in [0.25, 0.3) is 0 Å². The lowest BCUT2D eigenvalue weighted by Gasteiger charge is -2.19. The fourth-order valence-corrected chi connectivity index (χ4v) is 3.26. The summed E-state index contributed by atoms with van der Waals surface area (Å²) in [5.41, 5.74) is -0.489. The fourth-order valence-electron chi connectivity index (χ4n) is 2.26. The molecule has 0 unspecified atom stereocenters. The van der Waals surface area contributed by atoms with Crippen LogP contribution in [0.1, 0.15) is 37.5 Å². The van der Waals surface area contributed by atoms with Gasteiger partial charge >= 0.3 is 6.18 Å². The predicted octanol–water partition coefficient (Wildman–Crippen LogP) is 4.62. The third kappa shape index (κ3) is 4.82. The van der Waals surface area contributed by atoms with Gasteiger partial charge in [0.05, 0.1) is 10.5 Å². The van der Waals surface area contributed by atoms with Gasteiger partial charge < -0.3 is 0 Å². The summed E-state index contributed by atoms with van der Waals surface area (Å²) in [6, 6.07) is 8.23. The van der Waals surface area contributed by atoms with E-state index in [-0.39, 0.29) is 15.9 Å². The minimum Gasteiger partial charge on any atom is -0.207 e. The Morgan fingerprint density at radius 1 is 0.923 bits per heavy atom. The van der Waals surface area contributed by atoms with Crippen LogP contribution in [-0.2, 0) is 28.2 Å². The Kier molecular flexibility index (Phi) is 5.49. The van der Waals surface area contributed by atoms with Crippen molar-refractivity contribution in [2.24, 2.45) is 0 Å². The smallest absolute Gasteiger partial charge is 0.207 e. The summed E-state index contributed by atoms with van der Waals surface area (Å²) in [7, 11) is -3.91. The van der Waals surface area contributed by atoms with E-state index in [0.717, 1.165) is 11.6 Å². The maximum Gasteiger partial charge on any atom is 0.416 e. The number of benzene rings is 2. The summed E-state index contributed by atoms with van der Waals surface area (Å²) in [6.07, 6.45) is -4.66. The SMILES string of the molecule is CC(C)(C)c1ccc(S(=O)(=O)NCc2ccc(C(F)(F)F)cc2F)cc1. The highest BCUT2D eigenvalue weighted by molar-refractivity contribution is 7.89. The Morgan fingerprint density at radius 2 is 1.46 bits per heavy atom. The van der Waals surface area contributed by atoms with Gasteiger partial charge in [0, 0.05) is 12.1 Å². The van der Waals surface area contributed by atoms with Crippen LogP contribution < -0.4 is 4.72 Å². The molecule has 0 bridgehead atoms. The van der Waals surface area contributed by atoms with Gasteiger partial charge in [-0.1, -0.05) is 39.0 Å². The van der Waals surface area contributed by atoms with Crippen LogP contribution in [0.3, 0.4) is 0 Å². The molecule has 0 saturated heterocycles. The van der Waals surface area contributed by atoms with Gasteiger partial charge in [0.1, 0.15) is 5.82 Å². The molecule has 26 heavy (non-hydrogen) atoms. The molecule has 0 aliphatic carbocycles. The van der Waals surface area contributed by atoms with E-state index in [2.05, 4.69) is 4.72 Å². The number of halogens is 4. The van der Waals surface area contributed by atoms with Gasteiger partial charge in [-0.3, -0.25) is 0 Å². The van der Waals surface area contributed by atoms with Crippen molar-refractivity contribution in [3.05, 3.63) is 65.0 Å². The van der Waals surface area contributed by atoms with Crippen LogP contribution in [0.15, 0.2) is 47.4 Å². The van der Waals surface area contributed by atoms with Gasteiger partial charge in [0.2, 0.25) is 10.0 Å². The minimum atomic E-state index is -4.66. The molecule has 0 aromatic heterocycles. The molecule has 0 atom stereocenters. The van der Waals surface area contributed by atoms with E-state index in [1.54, 1.807) is 12.1 Å². The molecule has 0 aliphatic rings. The standard InChI is InChI=1S/C18H19F4NO2S/c1-17(2,3)13-6-8-15(9-7-13)26(24,25)23-11-12-4-5-14(10-16(12)19)18(20,21)22/h4-10,23H,11H2,1-3H3. The highest BCUT2D eigenvalue weighted by Gasteiger charge is 2.31. The quantitative estimate of drug-likeness (QED) is 0.776. The second-order valence-corrected chi connectivity index (χ2v) is 8.67. The van der Waals surface area contributed by atoms with E-state index >= 15 is 0 Å². The zero-order valence-electron chi connectivity index (χ0n) is 14.5. The fraction of sp³-hybridized carbons (Fsp3) is 0.333.